The Labute approximate surface area is 143 Å². The number of likely N-dealkylation sites (N-methyl/N-ethyl adjacent to an activating group) is 1. The molecule has 1 atom stereocenters. The van der Waals surface area contributed by atoms with Crippen molar-refractivity contribution >= 4 is 24.0 Å². The van der Waals surface area contributed by atoms with Crippen molar-refractivity contribution in [3.8, 4) is 0 Å². The molecule has 1 saturated heterocycles. The van der Waals surface area contributed by atoms with Crippen LogP contribution in [0.25, 0.3) is 0 Å². The van der Waals surface area contributed by atoms with Crippen LogP contribution >= 0.6 is 0 Å². The molecular formula is C18H26N2O4. The minimum absolute atomic E-state index is 0.187. The fraction of sp³-hybridized carbons (Fsp3) is 0.444. The highest BCUT2D eigenvalue weighted by molar-refractivity contribution is 6.06. The van der Waals surface area contributed by atoms with E-state index in [4.69, 9.17) is 0 Å². The highest BCUT2D eigenvalue weighted by atomic mass is 16.2. The Balaban J connectivity index is 0.00000254. The van der Waals surface area contributed by atoms with E-state index >= 15 is 0 Å². The number of imide groups is 1. The van der Waals surface area contributed by atoms with Gasteiger partial charge in [0.25, 0.3) is 5.91 Å². The fourth-order valence-corrected chi connectivity index (χ4v) is 2.21. The summed E-state index contributed by atoms with van der Waals surface area (Å²) >= 11 is 0. The molecule has 1 N–H and O–H groups in total. The molecular weight excluding hydrogens is 308 g/mol. The molecule has 0 spiro atoms. The number of nitrogens with one attached hydrogen (secondary N) is 1. The van der Waals surface area contributed by atoms with Crippen molar-refractivity contribution < 1.29 is 19.2 Å². The lowest BCUT2D eigenvalue weighted by Crippen LogP contribution is -2.53. The lowest BCUT2D eigenvalue weighted by Gasteiger charge is -2.30. The van der Waals surface area contributed by atoms with E-state index < -0.39 is 17.9 Å². The number of hydrogen-bond acceptors (Lipinski definition) is 4. The van der Waals surface area contributed by atoms with Gasteiger partial charge < -0.3 is 4.90 Å². The van der Waals surface area contributed by atoms with Gasteiger partial charge in [0.2, 0.25) is 11.8 Å². The molecule has 0 saturated carbocycles. The number of nitrogens with zero attached hydrogens (tertiary/aromatic N) is 1. The minimum Gasteiger partial charge on any atom is -0.330 e. The number of allylic oxidation sites excluding steroid dienone is 4. The second-order valence-electron chi connectivity index (χ2n) is 4.87. The Morgan fingerprint density at radius 2 is 1.75 bits per heavy atom. The largest absolute Gasteiger partial charge is 0.330 e. The molecule has 1 unspecified atom stereocenters. The summed E-state index contributed by atoms with van der Waals surface area (Å²) in [5.74, 6) is -1.27. The number of carbonyl (C=O) groups is 4. The van der Waals surface area contributed by atoms with E-state index in [1.54, 1.807) is 32.1 Å². The first-order chi connectivity index (χ1) is 11.5. The van der Waals surface area contributed by atoms with Crippen LogP contribution < -0.4 is 5.32 Å². The van der Waals surface area contributed by atoms with Crippen LogP contribution in [-0.4, -0.2) is 42.0 Å². The Hall–Kier alpha value is -2.50. The molecule has 0 aromatic carbocycles. The highest BCUT2D eigenvalue weighted by Gasteiger charge is 2.33. The SMILES string of the molecule is CC.C\C=C/C(C=O)=C(\C=C/C)C(=O)N(C)C1CCC(=O)NC1=O. The second kappa shape index (κ2) is 11.1. The van der Waals surface area contributed by atoms with Gasteiger partial charge in [-0.2, -0.15) is 0 Å². The van der Waals surface area contributed by atoms with Crippen LogP contribution in [0.5, 0.6) is 0 Å². The third-order valence-corrected chi connectivity index (χ3v) is 3.35. The van der Waals surface area contributed by atoms with Crippen LogP contribution in [0.1, 0.15) is 40.5 Å². The molecule has 6 heteroatoms. The molecule has 24 heavy (non-hydrogen) atoms. The Morgan fingerprint density at radius 3 is 2.21 bits per heavy atom. The Morgan fingerprint density at radius 1 is 1.17 bits per heavy atom. The van der Waals surface area contributed by atoms with Crippen molar-refractivity contribution in [2.75, 3.05) is 7.05 Å². The van der Waals surface area contributed by atoms with Gasteiger partial charge in [-0.05, 0) is 20.3 Å². The van der Waals surface area contributed by atoms with Crippen LogP contribution in [-0.2, 0) is 19.2 Å². The monoisotopic (exact) mass is 334 g/mol. The van der Waals surface area contributed by atoms with Crippen LogP contribution in [0, 0.1) is 0 Å². The highest BCUT2D eigenvalue weighted by Crippen LogP contribution is 2.16. The summed E-state index contributed by atoms with van der Waals surface area (Å²) in [5.41, 5.74) is 0.451. The summed E-state index contributed by atoms with van der Waals surface area (Å²) in [6, 6.07) is -0.719. The van der Waals surface area contributed by atoms with Crippen LogP contribution in [0.4, 0.5) is 0 Å². The van der Waals surface area contributed by atoms with E-state index in [1.807, 2.05) is 13.8 Å². The number of hydrogen-bond donors (Lipinski definition) is 1. The molecule has 1 aliphatic heterocycles. The molecule has 1 rings (SSSR count). The molecule has 0 aliphatic carbocycles. The topological polar surface area (TPSA) is 83.6 Å². The predicted molar refractivity (Wildman–Crippen MR) is 93.0 cm³/mol. The van der Waals surface area contributed by atoms with Gasteiger partial charge in [-0.1, -0.05) is 38.2 Å². The van der Waals surface area contributed by atoms with Crippen molar-refractivity contribution in [3.05, 3.63) is 35.5 Å². The molecule has 3 amide bonds. The molecule has 0 aromatic rings. The van der Waals surface area contributed by atoms with Gasteiger partial charge in [-0.15, -0.1) is 0 Å². The van der Waals surface area contributed by atoms with E-state index in [-0.39, 0.29) is 29.9 Å². The second-order valence-corrected chi connectivity index (χ2v) is 4.87. The van der Waals surface area contributed by atoms with Crippen molar-refractivity contribution in [1.29, 1.82) is 0 Å². The maximum Gasteiger partial charge on any atom is 0.254 e. The van der Waals surface area contributed by atoms with E-state index in [2.05, 4.69) is 5.32 Å². The molecule has 0 bridgehead atoms. The average molecular weight is 334 g/mol. The van der Waals surface area contributed by atoms with E-state index in [0.29, 0.717) is 6.29 Å². The Kier molecular flexibility index (Phi) is 9.94. The summed E-state index contributed by atoms with van der Waals surface area (Å²) < 4.78 is 0. The van der Waals surface area contributed by atoms with Gasteiger partial charge >= 0.3 is 0 Å². The standard InChI is InChI=1S/C16H20N2O4.C2H6/c1-4-6-11(10-19)12(7-5-2)16(22)18(3)13-8-9-14(20)17-15(13)21;1-2/h4-7,10,13H,8-9H2,1-3H3,(H,17,20,21);1-2H3/b6-4-,7-5-,12-11-;. The van der Waals surface area contributed by atoms with Crippen molar-refractivity contribution in [1.82, 2.24) is 10.2 Å². The van der Waals surface area contributed by atoms with Gasteiger partial charge in [0.15, 0.2) is 6.29 Å². The molecule has 6 nitrogen and oxygen atoms in total. The summed E-state index contributed by atoms with van der Waals surface area (Å²) in [5, 5.41) is 2.22. The minimum atomic E-state index is -0.719. The van der Waals surface area contributed by atoms with E-state index in [9.17, 15) is 19.2 Å². The molecule has 0 radical (unpaired) electrons. The smallest absolute Gasteiger partial charge is 0.254 e. The van der Waals surface area contributed by atoms with Crippen LogP contribution in [0.2, 0.25) is 0 Å². The summed E-state index contributed by atoms with van der Waals surface area (Å²) in [6.45, 7) is 7.47. The van der Waals surface area contributed by atoms with Crippen molar-refractivity contribution in [2.45, 2.75) is 46.6 Å². The molecule has 1 heterocycles. The van der Waals surface area contributed by atoms with Crippen molar-refractivity contribution in [3.63, 3.8) is 0 Å². The fourth-order valence-electron chi connectivity index (χ4n) is 2.21. The lowest BCUT2D eigenvalue weighted by molar-refractivity contribution is -0.142. The normalized spacial score (nSPS) is 18.6. The Bertz CT molecular complexity index is 574. The third kappa shape index (κ3) is 5.61. The number of carbonyl (C=O) groups excluding carboxylic acids is 4. The third-order valence-electron chi connectivity index (χ3n) is 3.35. The molecule has 0 aromatic heterocycles. The summed E-state index contributed by atoms with van der Waals surface area (Å²) in [6.07, 6.45) is 7.45. The maximum atomic E-state index is 12.6. The molecule has 1 fully saturated rings. The van der Waals surface area contributed by atoms with Gasteiger partial charge in [0, 0.05) is 24.6 Å². The lowest BCUT2D eigenvalue weighted by atomic mass is 10.0. The van der Waals surface area contributed by atoms with Crippen LogP contribution in [0.15, 0.2) is 35.5 Å². The molecule has 1 aliphatic rings. The quantitative estimate of drug-likeness (QED) is 0.360. The van der Waals surface area contributed by atoms with Gasteiger partial charge in [-0.25, -0.2) is 0 Å². The first kappa shape index (κ1) is 21.5. The number of rotatable bonds is 5. The van der Waals surface area contributed by atoms with Crippen molar-refractivity contribution in [2.24, 2.45) is 0 Å². The van der Waals surface area contributed by atoms with Gasteiger partial charge in [0.1, 0.15) is 6.04 Å². The zero-order valence-corrected chi connectivity index (χ0v) is 15.0. The predicted octanol–water partition coefficient (Wildman–Crippen LogP) is 1.92. The number of aldehydes is 1. The first-order valence-corrected chi connectivity index (χ1v) is 8.01. The molecule has 132 valence electrons. The zero-order valence-electron chi connectivity index (χ0n) is 15.0. The van der Waals surface area contributed by atoms with E-state index in [0.717, 1.165) is 0 Å². The first-order valence-electron chi connectivity index (χ1n) is 8.01. The summed E-state index contributed by atoms with van der Waals surface area (Å²) in [4.78, 5) is 48.1. The van der Waals surface area contributed by atoms with Gasteiger partial charge in [0.05, 0.1) is 0 Å². The van der Waals surface area contributed by atoms with E-state index in [1.165, 1.54) is 18.0 Å². The van der Waals surface area contributed by atoms with Crippen LogP contribution in [0.3, 0.4) is 0 Å². The number of amides is 3. The average Bonchev–Trinajstić information content (AvgIpc) is 2.58. The van der Waals surface area contributed by atoms with Gasteiger partial charge in [-0.3, -0.25) is 24.5 Å². The zero-order chi connectivity index (χ0) is 18.7. The maximum absolute atomic E-state index is 12.6. The number of piperidine rings is 1. The summed E-state index contributed by atoms with van der Waals surface area (Å²) in [7, 11) is 1.49.